The Morgan fingerprint density at radius 1 is 1.35 bits per heavy atom. The smallest absolute Gasteiger partial charge is 0.123 e. The Bertz CT molecular complexity index is 602. The van der Waals surface area contributed by atoms with Gasteiger partial charge in [0.1, 0.15) is 5.82 Å². The molecule has 1 saturated heterocycles. The summed E-state index contributed by atoms with van der Waals surface area (Å²) >= 11 is 0. The zero-order valence-electron chi connectivity index (χ0n) is 14.0. The number of benzene rings is 1. The Balaban J connectivity index is 1.40. The molecule has 1 aromatic rings. The summed E-state index contributed by atoms with van der Waals surface area (Å²) in [6.45, 7) is 6.85. The van der Waals surface area contributed by atoms with Crippen molar-refractivity contribution in [2.45, 2.75) is 38.0 Å². The van der Waals surface area contributed by atoms with Gasteiger partial charge >= 0.3 is 0 Å². The summed E-state index contributed by atoms with van der Waals surface area (Å²) in [7, 11) is 0. The maximum Gasteiger partial charge on any atom is 0.123 e. The van der Waals surface area contributed by atoms with Crippen molar-refractivity contribution in [1.82, 2.24) is 4.90 Å². The molecule has 124 valence electrons. The van der Waals surface area contributed by atoms with E-state index in [0.29, 0.717) is 0 Å². The molecular weight excluding hydrogens is 287 g/mol. The van der Waals surface area contributed by atoms with Gasteiger partial charge in [-0.1, -0.05) is 19.1 Å². The van der Waals surface area contributed by atoms with Crippen LogP contribution in [0, 0.1) is 17.7 Å². The Kier molecular flexibility index (Phi) is 3.92. The predicted octanol–water partition coefficient (Wildman–Crippen LogP) is 4.19. The van der Waals surface area contributed by atoms with E-state index in [4.69, 9.17) is 0 Å². The lowest BCUT2D eigenvalue weighted by Gasteiger charge is -2.40. The van der Waals surface area contributed by atoms with E-state index in [0.717, 1.165) is 50.0 Å². The number of allylic oxidation sites excluding steroid dienone is 2. The molecule has 2 heterocycles. The number of piperidine rings is 1. The van der Waals surface area contributed by atoms with E-state index in [-0.39, 0.29) is 11.2 Å². The molecule has 4 rings (SSSR count). The Labute approximate surface area is 138 Å². The number of nitrogens with one attached hydrogen (secondary N) is 1. The highest BCUT2D eigenvalue weighted by molar-refractivity contribution is 5.60. The second kappa shape index (κ2) is 5.94. The minimum Gasteiger partial charge on any atom is -0.384 e. The third kappa shape index (κ3) is 2.80. The van der Waals surface area contributed by atoms with E-state index in [1.807, 2.05) is 6.07 Å². The van der Waals surface area contributed by atoms with Crippen molar-refractivity contribution < 1.29 is 4.39 Å². The normalized spacial score (nSPS) is 27.1. The van der Waals surface area contributed by atoms with Gasteiger partial charge in [-0.15, -0.1) is 0 Å². The van der Waals surface area contributed by atoms with Gasteiger partial charge < -0.3 is 10.2 Å². The van der Waals surface area contributed by atoms with E-state index in [9.17, 15) is 4.39 Å². The van der Waals surface area contributed by atoms with E-state index in [2.05, 4.69) is 29.3 Å². The highest BCUT2D eigenvalue weighted by Gasteiger charge is 2.41. The van der Waals surface area contributed by atoms with Crippen molar-refractivity contribution in [3.8, 4) is 0 Å². The van der Waals surface area contributed by atoms with Crippen molar-refractivity contribution in [3.63, 3.8) is 0 Å². The fourth-order valence-corrected chi connectivity index (χ4v) is 4.75. The molecule has 2 atom stereocenters. The van der Waals surface area contributed by atoms with Crippen LogP contribution in [0.4, 0.5) is 10.1 Å². The van der Waals surface area contributed by atoms with Gasteiger partial charge in [0.05, 0.1) is 0 Å². The summed E-state index contributed by atoms with van der Waals surface area (Å²) in [6, 6.07) is 5.23. The van der Waals surface area contributed by atoms with Crippen LogP contribution in [0.25, 0.3) is 0 Å². The van der Waals surface area contributed by atoms with Crippen molar-refractivity contribution in [3.05, 3.63) is 41.7 Å². The molecule has 3 aliphatic rings. The van der Waals surface area contributed by atoms with Gasteiger partial charge in [-0.2, -0.15) is 0 Å². The first-order chi connectivity index (χ1) is 11.2. The summed E-state index contributed by atoms with van der Waals surface area (Å²) in [6.07, 6.45) is 9.62. The number of anilines is 1. The number of halogens is 1. The summed E-state index contributed by atoms with van der Waals surface area (Å²) < 4.78 is 13.7. The molecular formula is C20H27FN2. The number of nitrogens with zero attached hydrogens (tertiary/aromatic N) is 1. The SMILES string of the molecule is CC(CN1CCC2(CC1)CNc1ccc(F)cc12)C1C=CCC1. The van der Waals surface area contributed by atoms with Gasteiger partial charge in [-0.3, -0.25) is 0 Å². The third-order valence-electron chi connectivity index (χ3n) is 6.31. The van der Waals surface area contributed by atoms with Gasteiger partial charge in [0.25, 0.3) is 0 Å². The van der Waals surface area contributed by atoms with Gasteiger partial charge in [0.2, 0.25) is 0 Å². The fourth-order valence-electron chi connectivity index (χ4n) is 4.75. The highest BCUT2D eigenvalue weighted by atomic mass is 19.1. The number of hydrogen-bond acceptors (Lipinski definition) is 2. The molecule has 0 radical (unpaired) electrons. The van der Waals surface area contributed by atoms with Gasteiger partial charge in [0.15, 0.2) is 0 Å². The molecule has 1 aliphatic carbocycles. The molecule has 0 bridgehead atoms. The maximum absolute atomic E-state index is 13.7. The van der Waals surface area contributed by atoms with Crippen molar-refractivity contribution in [1.29, 1.82) is 0 Å². The minimum absolute atomic E-state index is 0.101. The van der Waals surface area contributed by atoms with E-state index in [1.54, 1.807) is 12.1 Å². The first kappa shape index (κ1) is 15.2. The van der Waals surface area contributed by atoms with Gasteiger partial charge in [0, 0.05) is 24.2 Å². The van der Waals surface area contributed by atoms with Crippen molar-refractivity contribution in [2.24, 2.45) is 11.8 Å². The molecule has 2 nitrogen and oxygen atoms in total. The maximum atomic E-state index is 13.7. The molecule has 2 unspecified atom stereocenters. The van der Waals surface area contributed by atoms with E-state index >= 15 is 0 Å². The first-order valence-electron chi connectivity index (χ1n) is 9.09. The number of fused-ring (bicyclic) bond motifs is 2. The molecule has 1 fully saturated rings. The molecule has 3 heteroatoms. The van der Waals surface area contributed by atoms with Crippen LogP contribution in [0.2, 0.25) is 0 Å². The Hall–Kier alpha value is -1.35. The lowest BCUT2D eigenvalue weighted by molar-refractivity contribution is 0.140. The lowest BCUT2D eigenvalue weighted by Crippen LogP contribution is -2.45. The van der Waals surface area contributed by atoms with Crippen LogP contribution in [0.1, 0.15) is 38.2 Å². The second-order valence-electron chi connectivity index (χ2n) is 7.77. The summed E-state index contributed by atoms with van der Waals surface area (Å²) in [5.74, 6) is 1.42. The van der Waals surface area contributed by atoms with Crippen LogP contribution in [0.15, 0.2) is 30.4 Å². The molecule has 1 aromatic carbocycles. The summed E-state index contributed by atoms with van der Waals surface area (Å²) in [5.41, 5.74) is 2.51. The van der Waals surface area contributed by atoms with Crippen LogP contribution in [0.3, 0.4) is 0 Å². The number of hydrogen-bond donors (Lipinski definition) is 1. The van der Waals surface area contributed by atoms with E-state index in [1.165, 1.54) is 24.9 Å². The molecule has 2 aliphatic heterocycles. The van der Waals surface area contributed by atoms with Crippen LogP contribution in [0.5, 0.6) is 0 Å². The van der Waals surface area contributed by atoms with Gasteiger partial charge in [-0.05, 0) is 74.4 Å². The molecule has 23 heavy (non-hydrogen) atoms. The Morgan fingerprint density at radius 3 is 2.91 bits per heavy atom. The van der Waals surface area contributed by atoms with Crippen LogP contribution in [-0.2, 0) is 5.41 Å². The molecule has 1 N–H and O–H groups in total. The topological polar surface area (TPSA) is 15.3 Å². The zero-order valence-corrected chi connectivity index (χ0v) is 14.0. The Morgan fingerprint density at radius 2 is 2.17 bits per heavy atom. The van der Waals surface area contributed by atoms with Crippen LogP contribution >= 0.6 is 0 Å². The predicted molar refractivity (Wildman–Crippen MR) is 93.3 cm³/mol. The standard InChI is InChI=1S/C20H27FN2/c1-15(16-4-2-3-5-16)13-23-10-8-20(9-11-23)14-22-19-7-6-17(21)12-18(19)20/h2,4,6-7,12,15-16,22H,3,5,8-11,13-14H2,1H3. The second-order valence-corrected chi connectivity index (χ2v) is 7.77. The largest absolute Gasteiger partial charge is 0.384 e. The van der Waals surface area contributed by atoms with Crippen molar-refractivity contribution in [2.75, 3.05) is 31.5 Å². The summed E-state index contributed by atoms with van der Waals surface area (Å²) in [5, 5.41) is 3.49. The minimum atomic E-state index is -0.101. The lowest BCUT2D eigenvalue weighted by atomic mass is 9.74. The van der Waals surface area contributed by atoms with E-state index < -0.39 is 0 Å². The monoisotopic (exact) mass is 314 g/mol. The zero-order chi connectivity index (χ0) is 15.9. The first-order valence-corrected chi connectivity index (χ1v) is 9.09. The van der Waals surface area contributed by atoms with Crippen molar-refractivity contribution >= 4 is 5.69 Å². The third-order valence-corrected chi connectivity index (χ3v) is 6.31. The summed E-state index contributed by atoms with van der Waals surface area (Å²) in [4.78, 5) is 2.62. The molecule has 0 aromatic heterocycles. The number of rotatable bonds is 3. The molecule has 0 amide bonds. The average Bonchev–Trinajstić information content (AvgIpc) is 3.20. The highest BCUT2D eigenvalue weighted by Crippen LogP contribution is 2.44. The average molecular weight is 314 g/mol. The molecule has 0 saturated carbocycles. The van der Waals surface area contributed by atoms with Crippen LogP contribution in [-0.4, -0.2) is 31.1 Å². The van der Waals surface area contributed by atoms with Crippen LogP contribution < -0.4 is 5.32 Å². The fraction of sp³-hybridized carbons (Fsp3) is 0.600. The van der Waals surface area contributed by atoms with Gasteiger partial charge in [-0.25, -0.2) is 4.39 Å². The number of likely N-dealkylation sites (tertiary alicyclic amines) is 1. The quantitative estimate of drug-likeness (QED) is 0.842. The molecule has 1 spiro atoms.